The number of rotatable bonds is 5. The molecule has 0 fully saturated rings. The van der Waals surface area contributed by atoms with Gasteiger partial charge < -0.3 is 9.73 Å². The number of carbonyl (C=O) groups is 1. The molecular formula is C17H20N2O4S. The topological polar surface area (TPSA) is 88.4 Å². The van der Waals surface area contributed by atoms with Gasteiger partial charge in [-0.05, 0) is 35.6 Å². The molecule has 2 aromatic rings. The van der Waals surface area contributed by atoms with E-state index in [1.54, 1.807) is 12.1 Å². The Kier molecular flexibility index (Phi) is 4.47. The van der Waals surface area contributed by atoms with Crippen LogP contribution in [0.1, 0.15) is 52.7 Å². The zero-order valence-electron chi connectivity index (χ0n) is 13.6. The van der Waals surface area contributed by atoms with Gasteiger partial charge in [0.2, 0.25) is 10.0 Å². The summed E-state index contributed by atoms with van der Waals surface area (Å²) in [5.41, 5.74) is 2.41. The lowest BCUT2D eigenvalue weighted by Gasteiger charge is -2.13. The van der Waals surface area contributed by atoms with Crippen molar-refractivity contribution in [2.24, 2.45) is 0 Å². The molecule has 1 amide bonds. The minimum absolute atomic E-state index is 0.0232. The van der Waals surface area contributed by atoms with Crippen LogP contribution in [0.4, 0.5) is 0 Å². The smallest absolute Gasteiger partial charge is 0.287 e. The molecule has 7 heteroatoms. The van der Waals surface area contributed by atoms with Crippen LogP contribution in [0, 0.1) is 0 Å². The van der Waals surface area contributed by atoms with Crippen molar-refractivity contribution in [2.75, 3.05) is 6.26 Å². The Morgan fingerprint density at radius 2 is 1.92 bits per heavy atom. The van der Waals surface area contributed by atoms with E-state index < -0.39 is 10.0 Å². The Balaban J connectivity index is 1.67. The number of fused-ring (bicyclic) bond motifs is 1. The first-order valence-corrected chi connectivity index (χ1v) is 9.65. The molecule has 0 unspecified atom stereocenters. The van der Waals surface area contributed by atoms with Crippen LogP contribution in [0.25, 0.3) is 0 Å². The van der Waals surface area contributed by atoms with Crippen LogP contribution in [0.15, 0.2) is 40.8 Å². The number of furan rings is 1. The summed E-state index contributed by atoms with van der Waals surface area (Å²) >= 11 is 0. The Labute approximate surface area is 141 Å². The van der Waals surface area contributed by atoms with E-state index in [2.05, 4.69) is 23.0 Å². The summed E-state index contributed by atoms with van der Waals surface area (Å²) in [6, 6.07) is 11.2. The molecule has 128 valence electrons. The fourth-order valence-electron chi connectivity index (χ4n) is 3.05. The van der Waals surface area contributed by atoms with Crippen LogP contribution < -0.4 is 10.0 Å². The second-order valence-corrected chi connectivity index (χ2v) is 7.98. The van der Waals surface area contributed by atoms with E-state index in [1.165, 1.54) is 5.56 Å². The Morgan fingerprint density at radius 3 is 2.62 bits per heavy atom. The predicted octanol–water partition coefficient (Wildman–Crippen LogP) is 2.31. The van der Waals surface area contributed by atoms with Gasteiger partial charge in [0.15, 0.2) is 5.76 Å². The molecule has 0 radical (unpaired) electrons. The van der Waals surface area contributed by atoms with Crippen molar-refractivity contribution in [3.63, 3.8) is 0 Å². The zero-order valence-corrected chi connectivity index (χ0v) is 14.4. The standard InChI is InChI=1S/C17H20N2O4S/c1-11-9-15(14-6-4-3-5-13(11)14)19-17(20)16-8-7-12(23-16)10-18-24(2,21)22/h3-8,11,15,18H,9-10H2,1-2H3,(H,19,20)/t11-,15-/m0/s1. The molecule has 24 heavy (non-hydrogen) atoms. The van der Waals surface area contributed by atoms with Crippen LogP contribution in [-0.2, 0) is 16.6 Å². The first-order chi connectivity index (χ1) is 11.3. The Hall–Kier alpha value is -2.12. The fraction of sp³-hybridized carbons (Fsp3) is 0.353. The number of amides is 1. The normalized spacial score (nSPS) is 19.9. The lowest BCUT2D eigenvalue weighted by Crippen LogP contribution is -2.26. The summed E-state index contributed by atoms with van der Waals surface area (Å²) in [4.78, 5) is 12.4. The number of carbonyl (C=O) groups excluding carboxylic acids is 1. The van der Waals surface area contributed by atoms with E-state index in [0.29, 0.717) is 11.7 Å². The van der Waals surface area contributed by atoms with Crippen molar-refractivity contribution in [3.05, 3.63) is 59.0 Å². The van der Waals surface area contributed by atoms with Crippen molar-refractivity contribution in [1.29, 1.82) is 0 Å². The highest BCUT2D eigenvalue weighted by atomic mass is 32.2. The highest BCUT2D eigenvalue weighted by molar-refractivity contribution is 7.88. The van der Waals surface area contributed by atoms with Crippen LogP contribution >= 0.6 is 0 Å². The Morgan fingerprint density at radius 1 is 1.21 bits per heavy atom. The van der Waals surface area contributed by atoms with Crippen LogP contribution in [0.3, 0.4) is 0 Å². The molecule has 1 aliphatic carbocycles. The van der Waals surface area contributed by atoms with Gasteiger partial charge in [-0.2, -0.15) is 0 Å². The van der Waals surface area contributed by atoms with Gasteiger partial charge in [-0.3, -0.25) is 4.79 Å². The lowest BCUT2D eigenvalue weighted by atomic mass is 10.0. The Bertz CT molecular complexity index is 857. The molecule has 0 aliphatic heterocycles. The third kappa shape index (κ3) is 3.68. The second-order valence-electron chi connectivity index (χ2n) is 6.15. The maximum absolute atomic E-state index is 12.4. The molecule has 6 nitrogen and oxygen atoms in total. The summed E-state index contributed by atoms with van der Waals surface area (Å²) in [5, 5.41) is 3.00. The quantitative estimate of drug-likeness (QED) is 0.868. The van der Waals surface area contributed by atoms with Gasteiger partial charge in [-0.25, -0.2) is 13.1 Å². The van der Waals surface area contributed by atoms with Gasteiger partial charge in [0.05, 0.1) is 18.8 Å². The van der Waals surface area contributed by atoms with Crippen LogP contribution in [-0.4, -0.2) is 20.6 Å². The van der Waals surface area contributed by atoms with Crippen LogP contribution in [0.2, 0.25) is 0 Å². The first-order valence-electron chi connectivity index (χ1n) is 7.76. The molecule has 2 atom stereocenters. The summed E-state index contributed by atoms with van der Waals surface area (Å²) in [6.07, 6.45) is 1.93. The van der Waals surface area contributed by atoms with Gasteiger partial charge in [0, 0.05) is 0 Å². The van der Waals surface area contributed by atoms with E-state index >= 15 is 0 Å². The molecule has 2 N–H and O–H groups in total. The molecule has 1 aromatic heterocycles. The summed E-state index contributed by atoms with van der Waals surface area (Å²) < 4.78 is 29.9. The lowest BCUT2D eigenvalue weighted by molar-refractivity contribution is 0.0906. The van der Waals surface area contributed by atoms with Crippen molar-refractivity contribution in [1.82, 2.24) is 10.0 Å². The largest absolute Gasteiger partial charge is 0.455 e. The minimum Gasteiger partial charge on any atom is -0.455 e. The maximum Gasteiger partial charge on any atom is 0.287 e. The van der Waals surface area contributed by atoms with E-state index in [0.717, 1.165) is 18.2 Å². The van der Waals surface area contributed by atoms with E-state index in [1.807, 2.05) is 18.2 Å². The van der Waals surface area contributed by atoms with Crippen molar-refractivity contribution in [3.8, 4) is 0 Å². The highest BCUT2D eigenvalue weighted by Gasteiger charge is 2.29. The summed E-state index contributed by atoms with van der Waals surface area (Å²) in [7, 11) is -3.30. The summed E-state index contributed by atoms with van der Waals surface area (Å²) in [6.45, 7) is 2.17. The van der Waals surface area contributed by atoms with Gasteiger partial charge in [0.25, 0.3) is 5.91 Å². The average Bonchev–Trinajstić information content (AvgIpc) is 3.11. The van der Waals surface area contributed by atoms with E-state index in [4.69, 9.17) is 4.42 Å². The SMILES string of the molecule is C[C@H]1C[C@H](NC(=O)c2ccc(CNS(C)(=O)=O)o2)c2ccccc21. The molecule has 0 spiro atoms. The molecule has 0 saturated heterocycles. The molecule has 1 aromatic carbocycles. The van der Waals surface area contributed by atoms with Crippen molar-refractivity contribution >= 4 is 15.9 Å². The van der Waals surface area contributed by atoms with Gasteiger partial charge >= 0.3 is 0 Å². The first kappa shape index (κ1) is 16.7. The number of benzene rings is 1. The van der Waals surface area contributed by atoms with Gasteiger partial charge in [-0.15, -0.1) is 0 Å². The van der Waals surface area contributed by atoms with Gasteiger partial charge in [-0.1, -0.05) is 31.2 Å². The third-order valence-electron chi connectivity index (χ3n) is 4.19. The summed E-state index contributed by atoms with van der Waals surface area (Å²) in [5.74, 6) is 0.676. The fourth-order valence-corrected chi connectivity index (χ4v) is 3.45. The maximum atomic E-state index is 12.4. The number of hydrogen-bond acceptors (Lipinski definition) is 4. The van der Waals surface area contributed by atoms with E-state index in [9.17, 15) is 13.2 Å². The predicted molar refractivity (Wildman–Crippen MR) is 90.1 cm³/mol. The molecule has 0 bridgehead atoms. The molecule has 1 heterocycles. The van der Waals surface area contributed by atoms with E-state index in [-0.39, 0.29) is 24.3 Å². The van der Waals surface area contributed by atoms with Crippen molar-refractivity contribution in [2.45, 2.75) is 31.8 Å². The monoisotopic (exact) mass is 348 g/mol. The second kappa shape index (κ2) is 6.41. The average molecular weight is 348 g/mol. The molecular weight excluding hydrogens is 328 g/mol. The van der Waals surface area contributed by atoms with Crippen molar-refractivity contribution < 1.29 is 17.6 Å². The number of sulfonamides is 1. The molecule has 3 rings (SSSR count). The minimum atomic E-state index is -3.30. The number of hydrogen-bond donors (Lipinski definition) is 2. The molecule has 0 saturated carbocycles. The zero-order chi connectivity index (χ0) is 17.3. The van der Waals surface area contributed by atoms with Crippen LogP contribution in [0.5, 0.6) is 0 Å². The number of nitrogens with one attached hydrogen (secondary N) is 2. The highest BCUT2D eigenvalue weighted by Crippen LogP contribution is 2.39. The van der Waals surface area contributed by atoms with Gasteiger partial charge in [0.1, 0.15) is 5.76 Å². The third-order valence-corrected chi connectivity index (χ3v) is 4.86. The molecule has 1 aliphatic rings.